The molecule has 1 heterocycles. The van der Waals surface area contributed by atoms with Crippen LogP contribution in [-0.4, -0.2) is 28.2 Å². The third kappa shape index (κ3) is 3.56. The summed E-state index contributed by atoms with van der Waals surface area (Å²) in [6.07, 6.45) is 1.66. The predicted octanol–water partition coefficient (Wildman–Crippen LogP) is 2.23. The fourth-order valence-corrected chi connectivity index (χ4v) is 3.46. The molecule has 0 unspecified atom stereocenters. The smallest absolute Gasteiger partial charge is 0.240 e. The molecule has 6 heteroatoms. The second-order valence-electron chi connectivity index (χ2n) is 5.66. The summed E-state index contributed by atoms with van der Waals surface area (Å²) < 4.78 is 45.5. The topological polar surface area (TPSA) is 55.4 Å². The molecular weight excluding hydrogens is 281 g/mol. The van der Waals surface area contributed by atoms with Gasteiger partial charge in [0.2, 0.25) is 10.0 Å². The van der Waals surface area contributed by atoms with E-state index in [2.05, 4.69) is 4.72 Å². The first-order valence-electron chi connectivity index (χ1n) is 6.66. The Balaban J connectivity index is 2.09. The van der Waals surface area contributed by atoms with Gasteiger partial charge in [-0.05, 0) is 48.9 Å². The van der Waals surface area contributed by atoms with Crippen molar-refractivity contribution in [1.29, 1.82) is 0 Å². The van der Waals surface area contributed by atoms with Gasteiger partial charge in [-0.2, -0.15) is 0 Å². The first kappa shape index (κ1) is 15.4. The van der Waals surface area contributed by atoms with E-state index in [1.54, 1.807) is 6.92 Å². The molecule has 0 saturated carbocycles. The summed E-state index contributed by atoms with van der Waals surface area (Å²) >= 11 is 0. The van der Waals surface area contributed by atoms with E-state index in [1.165, 1.54) is 18.2 Å². The lowest BCUT2D eigenvalue weighted by molar-refractivity contribution is 0.0265. The Morgan fingerprint density at radius 3 is 2.60 bits per heavy atom. The maximum Gasteiger partial charge on any atom is 0.240 e. The maximum atomic E-state index is 13.2. The third-order valence-electron chi connectivity index (χ3n) is 3.83. The summed E-state index contributed by atoms with van der Waals surface area (Å²) in [7, 11) is -3.59. The van der Waals surface area contributed by atoms with Crippen molar-refractivity contribution in [2.75, 3.05) is 19.8 Å². The van der Waals surface area contributed by atoms with Gasteiger partial charge in [-0.15, -0.1) is 0 Å². The molecule has 2 rings (SSSR count). The third-order valence-corrected chi connectivity index (χ3v) is 5.23. The molecule has 1 aromatic rings. The second-order valence-corrected chi connectivity index (χ2v) is 7.43. The van der Waals surface area contributed by atoms with Crippen molar-refractivity contribution in [1.82, 2.24) is 4.72 Å². The van der Waals surface area contributed by atoms with Crippen molar-refractivity contribution >= 4 is 10.0 Å². The molecule has 1 aliphatic rings. The Morgan fingerprint density at radius 2 is 2.00 bits per heavy atom. The van der Waals surface area contributed by atoms with Crippen LogP contribution < -0.4 is 4.72 Å². The second kappa shape index (κ2) is 5.79. The summed E-state index contributed by atoms with van der Waals surface area (Å²) in [5, 5.41) is 0. The molecule has 0 atom stereocenters. The molecule has 1 aliphatic heterocycles. The SMILES string of the molecule is Cc1cc(S(=O)(=O)NCC2(C)CCOCC2)ccc1F. The Hall–Kier alpha value is -0.980. The zero-order chi connectivity index (χ0) is 14.8. The standard InChI is InChI=1S/C14H20FNO3S/c1-11-9-12(3-4-13(11)15)20(17,18)16-10-14(2)5-7-19-8-6-14/h3-4,9,16H,5-8,10H2,1-2H3. The van der Waals surface area contributed by atoms with Crippen molar-refractivity contribution in [3.8, 4) is 0 Å². The van der Waals surface area contributed by atoms with Gasteiger partial charge in [0.05, 0.1) is 4.90 Å². The van der Waals surface area contributed by atoms with Gasteiger partial charge in [-0.25, -0.2) is 17.5 Å². The minimum atomic E-state index is -3.59. The predicted molar refractivity (Wildman–Crippen MR) is 74.5 cm³/mol. The average molecular weight is 301 g/mol. The zero-order valence-electron chi connectivity index (χ0n) is 11.8. The highest BCUT2D eigenvalue weighted by Crippen LogP contribution is 2.29. The number of halogens is 1. The summed E-state index contributed by atoms with van der Waals surface area (Å²) in [6, 6.07) is 3.82. The molecule has 0 radical (unpaired) electrons. The van der Waals surface area contributed by atoms with E-state index in [0.717, 1.165) is 12.8 Å². The van der Waals surface area contributed by atoms with E-state index >= 15 is 0 Å². The molecule has 0 spiro atoms. The molecule has 20 heavy (non-hydrogen) atoms. The normalized spacial score (nSPS) is 18.9. The lowest BCUT2D eigenvalue weighted by Crippen LogP contribution is -2.39. The number of sulfonamides is 1. The number of ether oxygens (including phenoxy) is 1. The van der Waals surface area contributed by atoms with Crippen LogP contribution in [0.2, 0.25) is 0 Å². The van der Waals surface area contributed by atoms with Gasteiger partial charge in [-0.1, -0.05) is 6.92 Å². The molecule has 1 saturated heterocycles. The molecule has 0 aromatic heterocycles. The van der Waals surface area contributed by atoms with E-state index in [0.29, 0.717) is 25.3 Å². The molecule has 1 fully saturated rings. The van der Waals surface area contributed by atoms with Crippen molar-refractivity contribution in [3.63, 3.8) is 0 Å². The highest BCUT2D eigenvalue weighted by atomic mass is 32.2. The quantitative estimate of drug-likeness (QED) is 0.928. The Morgan fingerprint density at radius 1 is 1.35 bits per heavy atom. The maximum absolute atomic E-state index is 13.2. The number of aryl methyl sites for hydroxylation is 1. The Labute approximate surface area is 119 Å². The van der Waals surface area contributed by atoms with E-state index < -0.39 is 15.8 Å². The molecule has 1 aromatic carbocycles. The number of rotatable bonds is 4. The van der Waals surface area contributed by atoms with E-state index in [-0.39, 0.29) is 10.3 Å². The fourth-order valence-electron chi connectivity index (χ4n) is 2.18. The van der Waals surface area contributed by atoms with Gasteiger partial charge < -0.3 is 4.74 Å². The number of hydrogen-bond acceptors (Lipinski definition) is 3. The molecule has 4 nitrogen and oxygen atoms in total. The van der Waals surface area contributed by atoms with Crippen molar-refractivity contribution in [2.24, 2.45) is 5.41 Å². The van der Waals surface area contributed by atoms with Gasteiger partial charge in [0, 0.05) is 19.8 Å². The van der Waals surface area contributed by atoms with E-state index in [1.807, 2.05) is 6.92 Å². The van der Waals surface area contributed by atoms with Gasteiger partial charge in [-0.3, -0.25) is 0 Å². The van der Waals surface area contributed by atoms with Crippen molar-refractivity contribution in [2.45, 2.75) is 31.6 Å². The van der Waals surface area contributed by atoms with Crippen molar-refractivity contribution < 1.29 is 17.5 Å². The summed E-state index contributed by atoms with van der Waals surface area (Å²) in [6.45, 7) is 5.29. The van der Waals surface area contributed by atoms with Gasteiger partial charge >= 0.3 is 0 Å². The van der Waals surface area contributed by atoms with Crippen LogP contribution in [0.1, 0.15) is 25.3 Å². The summed E-state index contributed by atoms with van der Waals surface area (Å²) in [4.78, 5) is 0.104. The molecule has 0 bridgehead atoms. The highest BCUT2D eigenvalue weighted by molar-refractivity contribution is 7.89. The zero-order valence-corrected chi connectivity index (χ0v) is 12.6. The lowest BCUT2D eigenvalue weighted by atomic mass is 9.83. The minimum absolute atomic E-state index is 0.0829. The van der Waals surface area contributed by atoms with Crippen molar-refractivity contribution in [3.05, 3.63) is 29.6 Å². The minimum Gasteiger partial charge on any atom is -0.381 e. The Bertz CT molecular complexity index is 580. The lowest BCUT2D eigenvalue weighted by Gasteiger charge is -2.33. The Kier molecular flexibility index (Phi) is 4.46. The summed E-state index contributed by atoms with van der Waals surface area (Å²) in [5.74, 6) is -0.402. The van der Waals surface area contributed by atoms with Crippen LogP contribution in [0, 0.1) is 18.2 Å². The van der Waals surface area contributed by atoms with E-state index in [4.69, 9.17) is 4.74 Å². The largest absolute Gasteiger partial charge is 0.381 e. The van der Waals surface area contributed by atoms with Crippen LogP contribution in [0.15, 0.2) is 23.1 Å². The monoisotopic (exact) mass is 301 g/mol. The first-order valence-corrected chi connectivity index (χ1v) is 8.14. The molecular formula is C14H20FNO3S. The van der Waals surface area contributed by atoms with Crippen LogP contribution in [-0.2, 0) is 14.8 Å². The highest BCUT2D eigenvalue weighted by Gasteiger charge is 2.29. The van der Waals surface area contributed by atoms with Crippen LogP contribution in [0.4, 0.5) is 4.39 Å². The molecule has 112 valence electrons. The number of nitrogens with one attached hydrogen (secondary N) is 1. The van der Waals surface area contributed by atoms with Crippen LogP contribution in [0.25, 0.3) is 0 Å². The van der Waals surface area contributed by atoms with E-state index in [9.17, 15) is 12.8 Å². The molecule has 0 aliphatic carbocycles. The summed E-state index contributed by atoms with van der Waals surface area (Å²) in [5.41, 5.74) is 0.241. The van der Waals surface area contributed by atoms with Gasteiger partial charge in [0.1, 0.15) is 5.82 Å². The molecule has 0 amide bonds. The van der Waals surface area contributed by atoms with Gasteiger partial charge in [0.15, 0.2) is 0 Å². The number of hydrogen-bond donors (Lipinski definition) is 1. The van der Waals surface area contributed by atoms with Crippen LogP contribution in [0.5, 0.6) is 0 Å². The van der Waals surface area contributed by atoms with Crippen LogP contribution >= 0.6 is 0 Å². The first-order chi connectivity index (χ1) is 9.32. The molecule has 1 N–H and O–H groups in total. The number of benzene rings is 1. The van der Waals surface area contributed by atoms with Crippen LogP contribution in [0.3, 0.4) is 0 Å². The average Bonchev–Trinajstić information content (AvgIpc) is 2.41. The van der Waals surface area contributed by atoms with Gasteiger partial charge in [0.25, 0.3) is 0 Å². The fraction of sp³-hybridized carbons (Fsp3) is 0.571.